The van der Waals surface area contributed by atoms with Crippen molar-refractivity contribution in [2.45, 2.75) is 56.2 Å². The Hall–Kier alpha value is -1.95. The molecule has 2 amide bonds. The lowest BCUT2D eigenvalue weighted by molar-refractivity contribution is -0.133. The quantitative estimate of drug-likeness (QED) is 0.881. The van der Waals surface area contributed by atoms with Gasteiger partial charge in [-0.1, -0.05) is 18.2 Å². The number of hydrogen-bond acceptors (Lipinski definition) is 3. The Morgan fingerprint density at radius 1 is 1.22 bits per heavy atom. The van der Waals surface area contributed by atoms with Gasteiger partial charge in [-0.15, -0.1) is 0 Å². The van der Waals surface area contributed by atoms with Crippen LogP contribution in [0.4, 0.5) is 4.39 Å². The maximum absolute atomic E-state index is 13.4. The molecule has 0 spiro atoms. The smallest absolute Gasteiger partial charge is 0.240 e. The molecule has 6 heteroatoms. The lowest BCUT2D eigenvalue weighted by Gasteiger charge is -2.30. The van der Waals surface area contributed by atoms with Gasteiger partial charge in [0.15, 0.2) is 0 Å². The van der Waals surface area contributed by atoms with Crippen LogP contribution in [0.5, 0.6) is 0 Å². The molecule has 27 heavy (non-hydrogen) atoms. The Kier molecular flexibility index (Phi) is 4.93. The summed E-state index contributed by atoms with van der Waals surface area (Å²) in [7, 11) is 1.86. The van der Waals surface area contributed by atoms with Crippen LogP contribution in [0.3, 0.4) is 0 Å². The van der Waals surface area contributed by atoms with Crippen LogP contribution in [-0.2, 0) is 16.0 Å². The van der Waals surface area contributed by atoms with Gasteiger partial charge in [0.1, 0.15) is 6.17 Å². The summed E-state index contributed by atoms with van der Waals surface area (Å²) in [5, 5.41) is 0. The van der Waals surface area contributed by atoms with Crippen molar-refractivity contribution in [3.05, 3.63) is 34.9 Å². The van der Waals surface area contributed by atoms with E-state index in [9.17, 15) is 14.0 Å². The second kappa shape index (κ2) is 7.23. The van der Waals surface area contributed by atoms with Gasteiger partial charge in [0.05, 0.1) is 12.6 Å². The van der Waals surface area contributed by atoms with Crippen LogP contribution in [0.2, 0.25) is 0 Å². The lowest BCUT2D eigenvalue weighted by atomic mass is 9.87. The molecule has 1 aromatic rings. The van der Waals surface area contributed by atoms with E-state index in [0.29, 0.717) is 25.3 Å². The normalized spacial score (nSPS) is 29.1. The topological polar surface area (TPSA) is 66.6 Å². The van der Waals surface area contributed by atoms with Crippen molar-refractivity contribution in [1.82, 2.24) is 9.80 Å². The average molecular weight is 373 g/mol. The monoisotopic (exact) mass is 373 g/mol. The first kappa shape index (κ1) is 18.4. The molecule has 1 aromatic carbocycles. The van der Waals surface area contributed by atoms with Crippen molar-refractivity contribution >= 4 is 11.8 Å². The highest BCUT2D eigenvalue weighted by atomic mass is 19.1. The molecule has 1 aliphatic carbocycles. The number of alkyl halides is 1. The zero-order valence-corrected chi connectivity index (χ0v) is 15.9. The zero-order chi connectivity index (χ0) is 19.1. The highest BCUT2D eigenvalue weighted by molar-refractivity contribution is 5.83. The van der Waals surface area contributed by atoms with Gasteiger partial charge in [-0.05, 0) is 42.4 Å². The lowest BCUT2D eigenvalue weighted by Crippen LogP contribution is -2.45. The summed E-state index contributed by atoms with van der Waals surface area (Å²) < 4.78 is 13.4. The van der Waals surface area contributed by atoms with Gasteiger partial charge in [0.25, 0.3) is 0 Å². The van der Waals surface area contributed by atoms with Gasteiger partial charge in [-0.3, -0.25) is 9.59 Å². The third kappa shape index (κ3) is 3.47. The van der Waals surface area contributed by atoms with Gasteiger partial charge in [0.2, 0.25) is 11.8 Å². The van der Waals surface area contributed by atoms with E-state index in [2.05, 4.69) is 18.2 Å². The first-order chi connectivity index (χ1) is 12.9. The molecule has 0 saturated carbocycles. The van der Waals surface area contributed by atoms with E-state index in [1.165, 1.54) is 11.1 Å². The fraction of sp³-hybridized carbons (Fsp3) is 0.619. The summed E-state index contributed by atoms with van der Waals surface area (Å²) >= 11 is 0. The van der Waals surface area contributed by atoms with Crippen LogP contribution in [-0.4, -0.2) is 60.5 Å². The van der Waals surface area contributed by atoms with E-state index in [1.54, 1.807) is 4.90 Å². The van der Waals surface area contributed by atoms with E-state index in [-0.39, 0.29) is 24.3 Å². The van der Waals surface area contributed by atoms with Crippen molar-refractivity contribution < 1.29 is 14.0 Å². The first-order valence-electron chi connectivity index (χ1n) is 9.99. The predicted octanol–water partition coefficient (Wildman–Crippen LogP) is 1.95. The van der Waals surface area contributed by atoms with Crippen molar-refractivity contribution in [3.8, 4) is 0 Å². The maximum Gasteiger partial charge on any atom is 0.240 e. The molecule has 146 valence electrons. The molecular formula is C21H28FN3O2. The van der Waals surface area contributed by atoms with E-state index >= 15 is 0 Å². The first-order valence-corrected chi connectivity index (χ1v) is 9.99. The molecule has 2 unspecified atom stereocenters. The number of rotatable bonds is 3. The predicted molar refractivity (Wildman–Crippen MR) is 101 cm³/mol. The van der Waals surface area contributed by atoms with Gasteiger partial charge in [0, 0.05) is 38.4 Å². The largest absolute Gasteiger partial charge is 0.345 e. The van der Waals surface area contributed by atoms with Crippen LogP contribution in [0.15, 0.2) is 18.2 Å². The Balaban J connectivity index is 1.48. The van der Waals surface area contributed by atoms with Crippen LogP contribution < -0.4 is 5.73 Å². The minimum atomic E-state index is -0.917. The number of nitrogens with zero attached hydrogens (tertiary/aromatic N) is 2. The summed E-state index contributed by atoms with van der Waals surface area (Å²) in [5.74, 6) is 0.480. The van der Waals surface area contributed by atoms with Gasteiger partial charge in [-0.25, -0.2) is 4.39 Å². The molecule has 0 aromatic heterocycles. The van der Waals surface area contributed by atoms with E-state index in [4.69, 9.17) is 5.73 Å². The highest BCUT2D eigenvalue weighted by Crippen LogP contribution is 2.38. The SMILES string of the molecule is CN1CC(c2ccc3c(c2)CCC3[C@H](N)C(=O)N2CC[C@H](F)C2)CCC1=O. The standard InChI is InChI=1S/C21H28FN3O2/c1-24-11-15(4-7-19(24)26)13-2-5-17-14(10-13)3-6-18(17)20(23)21(27)25-9-8-16(22)12-25/h2,5,10,15-16,18,20H,3-4,6-9,11-12,23H2,1H3/t15?,16-,18?,20-/m0/s1. The summed E-state index contributed by atoms with van der Waals surface area (Å²) in [6, 6.07) is 5.90. The number of carbonyl (C=O) groups is 2. The van der Waals surface area contributed by atoms with Gasteiger partial charge in [-0.2, -0.15) is 0 Å². The van der Waals surface area contributed by atoms with E-state index in [1.807, 2.05) is 11.9 Å². The number of fused-ring (bicyclic) bond motifs is 1. The molecular weight excluding hydrogens is 345 g/mol. The summed E-state index contributed by atoms with van der Waals surface area (Å²) in [6.45, 7) is 1.41. The number of benzene rings is 1. The van der Waals surface area contributed by atoms with Gasteiger partial charge < -0.3 is 15.5 Å². The fourth-order valence-corrected chi connectivity index (χ4v) is 4.88. The number of aryl methyl sites for hydroxylation is 1. The Morgan fingerprint density at radius 3 is 2.74 bits per heavy atom. The Bertz CT molecular complexity index is 753. The zero-order valence-electron chi connectivity index (χ0n) is 15.9. The number of likely N-dealkylation sites (tertiary alicyclic amines) is 2. The third-order valence-electron chi connectivity index (χ3n) is 6.55. The van der Waals surface area contributed by atoms with Crippen molar-refractivity contribution in [2.75, 3.05) is 26.7 Å². The number of amides is 2. The molecule has 2 N–H and O–H groups in total. The average Bonchev–Trinajstić information content (AvgIpc) is 3.28. The number of carbonyl (C=O) groups excluding carboxylic acids is 2. The van der Waals surface area contributed by atoms with Gasteiger partial charge >= 0.3 is 0 Å². The molecule has 2 aliphatic heterocycles. The maximum atomic E-state index is 13.4. The van der Waals surface area contributed by atoms with Crippen LogP contribution in [0, 0.1) is 0 Å². The summed E-state index contributed by atoms with van der Waals surface area (Å²) in [6.07, 6.45) is 2.78. The molecule has 4 atom stereocenters. The highest BCUT2D eigenvalue weighted by Gasteiger charge is 2.37. The van der Waals surface area contributed by atoms with Crippen molar-refractivity contribution in [3.63, 3.8) is 0 Å². The summed E-state index contributed by atoms with van der Waals surface area (Å²) in [4.78, 5) is 27.8. The van der Waals surface area contributed by atoms with Crippen LogP contribution in [0.25, 0.3) is 0 Å². The molecule has 4 rings (SSSR count). The molecule has 2 saturated heterocycles. The molecule has 3 aliphatic rings. The minimum Gasteiger partial charge on any atom is -0.345 e. The van der Waals surface area contributed by atoms with Crippen molar-refractivity contribution in [1.29, 1.82) is 0 Å². The number of nitrogens with two attached hydrogens (primary N) is 1. The Labute approximate surface area is 159 Å². The second-order valence-electron chi connectivity index (χ2n) is 8.31. The van der Waals surface area contributed by atoms with Crippen LogP contribution >= 0.6 is 0 Å². The number of hydrogen-bond donors (Lipinski definition) is 1. The molecule has 2 heterocycles. The molecule has 0 bridgehead atoms. The minimum absolute atomic E-state index is 0.0100. The van der Waals surface area contributed by atoms with E-state index < -0.39 is 12.2 Å². The molecule has 0 radical (unpaired) electrons. The van der Waals surface area contributed by atoms with E-state index in [0.717, 1.165) is 31.4 Å². The number of halogens is 1. The third-order valence-corrected chi connectivity index (χ3v) is 6.55. The number of likely N-dealkylation sites (N-methyl/N-ethyl adjacent to an activating group) is 1. The number of piperidine rings is 1. The van der Waals surface area contributed by atoms with Crippen LogP contribution in [0.1, 0.15) is 54.2 Å². The molecule has 2 fully saturated rings. The Morgan fingerprint density at radius 2 is 2.04 bits per heavy atom. The van der Waals surface area contributed by atoms with Crippen molar-refractivity contribution in [2.24, 2.45) is 5.73 Å². The molecule has 5 nitrogen and oxygen atoms in total. The fourth-order valence-electron chi connectivity index (χ4n) is 4.88. The summed E-state index contributed by atoms with van der Waals surface area (Å²) in [5.41, 5.74) is 10.0. The second-order valence-corrected chi connectivity index (χ2v) is 8.31.